The number of likely N-dealkylation sites (N-methyl/N-ethyl adjacent to an activating group) is 1. The number of hydrogen-bond acceptors (Lipinski definition) is 2. The van der Waals surface area contributed by atoms with Crippen molar-refractivity contribution in [3.05, 3.63) is 0 Å². The molecule has 0 aromatic carbocycles. The molecule has 0 radical (unpaired) electrons. The molecule has 1 atom stereocenters. The lowest BCUT2D eigenvalue weighted by molar-refractivity contribution is 0.162. The fourth-order valence-corrected chi connectivity index (χ4v) is 1.75. The summed E-state index contributed by atoms with van der Waals surface area (Å²) in [6.45, 7) is 6.00. The zero-order chi connectivity index (χ0) is 8.10. The molecule has 0 saturated carbocycles. The van der Waals surface area contributed by atoms with Crippen LogP contribution in [-0.4, -0.2) is 37.6 Å². The first-order valence-electron chi connectivity index (χ1n) is 4.73. The van der Waals surface area contributed by atoms with Gasteiger partial charge in [0.2, 0.25) is 0 Å². The molecule has 1 fully saturated rings. The van der Waals surface area contributed by atoms with Gasteiger partial charge in [-0.1, -0.05) is 6.42 Å². The summed E-state index contributed by atoms with van der Waals surface area (Å²) in [7, 11) is 2.02. The van der Waals surface area contributed by atoms with E-state index in [1.807, 2.05) is 7.05 Å². The van der Waals surface area contributed by atoms with Gasteiger partial charge in [0.1, 0.15) is 0 Å². The third-order valence-corrected chi connectivity index (χ3v) is 2.59. The van der Waals surface area contributed by atoms with Crippen LogP contribution in [-0.2, 0) is 0 Å². The lowest BCUT2D eigenvalue weighted by atomic mass is 10.0. The van der Waals surface area contributed by atoms with E-state index in [1.165, 1.54) is 32.4 Å². The number of rotatable bonds is 3. The third kappa shape index (κ3) is 2.80. The molecule has 1 unspecified atom stereocenters. The zero-order valence-electron chi connectivity index (χ0n) is 7.77. The smallest absolute Gasteiger partial charge is 0.0110 e. The lowest BCUT2D eigenvalue weighted by Gasteiger charge is -2.33. The minimum atomic E-state index is 0.817. The van der Waals surface area contributed by atoms with Crippen LogP contribution >= 0.6 is 0 Å². The first-order chi connectivity index (χ1) is 5.34. The summed E-state index contributed by atoms with van der Waals surface area (Å²) in [6.07, 6.45) is 4.22. The van der Waals surface area contributed by atoms with Crippen LogP contribution in [0.1, 0.15) is 26.2 Å². The van der Waals surface area contributed by atoms with Crippen molar-refractivity contribution >= 4 is 0 Å². The number of nitrogens with one attached hydrogen (secondary N) is 1. The Morgan fingerprint density at radius 1 is 1.45 bits per heavy atom. The highest BCUT2D eigenvalue weighted by Crippen LogP contribution is 2.14. The average molecular weight is 156 g/mol. The molecule has 0 aromatic rings. The largest absolute Gasteiger partial charge is 0.318 e. The number of hydrogen-bond donors (Lipinski definition) is 1. The molecule has 1 rings (SSSR count). The zero-order valence-corrected chi connectivity index (χ0v) is 7.77. The molecule has 66 valence electrons. The van der Waals surface area contributed by atoms with E-state index in [4.69, 9.17) is 0 Å². The van der Waals surface area contributed by atoms with Gasteiger partial charge in [-0.25, -0.2) is 0 Å². The van der Waals surface area contributed by atoms with Gasteiger partial charge in [-0.15, -0.1) is 0 Å². The Kier molecular flexibility index (Phi) is 3.87. The molecule has 1 N–H and O–H groups in total. The van der Waals surface area contributed by atoms with Crippen molar-refractivity contribution in [3.63, 3.8) is 0 Å². The summed E-state index contributed by atoms with van der Waals surface area (Å²) in [5, 5.41) is 3.19. The van der Waals surface area contributed by atoms with Gasteiger partial charge in [0.15, 0.2) is 0 Å². The van der Waals surface area contributed by atoms with Gasteiger partial charge in [-0.3, -0.25) is 4.90 Å². The average Bonchev–Trinajstić information content (AvgIpc) is 2.03. The van der Waals surface area contributed by atoms with Gasteiger partial charge in [0.25, 0.3) is 0 Å². The quantitative estimate of drug-likeness (QED) is 0.658. The van der Waals surface area contributed by atoms with E-state index in [0.29, 0.717) is 0 Å². The Balaban J connectivity index is 2.18. The highest BCUT2D eigenvalue weighted by Gasteiger charge is 2.16. The Bertz CT molecular complexity index is 104. The second kappa shape index (κ2) is 4.73. The normalized spacial score (nSPS) is 27.3. The molecule has 0 amide bonds. The van der Waals surface area contributed by atoms with Crippen molar-refractivity contribution in [2.45, 2.75) is 32.2 Å². The van der Waals surface area contributed by atoms with Gasteiger partial charge in [-0.05, 0) is 33.4 Å². The first kappa shape index (κ1) is 9.01. The highest BCUT2D eigenvalue weighted by molar-refractivity contribution is 4.72. The first-order valence-corrected chi connectivity index (χ1v) is 4.73. The molecule has 1 aliphatic rings. The van der Waals surface area contributed by atoms with Crippen LogP contribution in [0.2, 0.25) is 0 Å². The molecule has 1 saturated heterocycles. The third-order valence-electron chi connectivity index (χ3n) is 2.59. The summed E-state index contributed by atoms with van der Waals surface area (Å²) in [5.74, 6) is 0. The molecule has 2 nitrogen and oxygen atoms in total. The standard InChI is InChI=1S/C9H20N2/c1-9-5-3-4-7-11(9)8-6-10-2/h9-10H,3-8H2,1-2H3. The van der Waals surface area contributed by atoms with E-state index in [1.54, 1.807) is 0 Å². The van der Waals surface area contributed by atoms with E-state index in [-0.39, 0.29) is 0 Å². The van der Waals surface area contributed by atoms with Crippen LogP contribution in [0.15, 0.2) is 0 Å². The lowest BCUT2D eigenvalue weighted by Crippen LogP contribution is -2.40. The Morgan fingerprint density at radius 3 is 2.91 bits per heavy atom. The summed E-state index contributed by atoms with van der Waals surface area (Å²) in [4.78, 5) is 2.58. The van der Waals surface area contributed by atoms with Crippen LogP contribution in [0, 0.1) is 0 Å². The van der Waals surface area contributed by atoms with Crippen LogP contribution < -0.4 is 5.32 Å². The number of nitrogens with zero attached hydrogens (tertiary/aromatic N) is 1. The van der Waals surface area contributed by atoms with Crippen molar-refractivity contribution in [2.75, 3.05) is 26.7 Å². The maximum Gasteiger partial charge on any atom is 0.0110 e. The Labute approximate surface area is 70.0 Å². The van der Waals surface area contributed by atoms with Crippen molar-refractivity contribution in [3.8, 4) is 0 Å². The van der Waals surface area contributed by atoms with Crippen LogP contribution in [0.4, 0.5) is 0 Å². The van der Waals surface area contributed by atoms with E-state index >= 15 is 0 Å². The molecule has 0 aliphatic carbocycles. The minimum absolute atomic E-state index is 0.817. The fraction of sp³-hybridized carbons (Fsp3) is 1.00. The molecule has 1 aliphatic heterocycles. The molecule has 0 aromatic heterocycles. The number of likely N-dealkylation sites (tertiary alicyclic amines) is 1. The molecule has 0 bridgehead atoms. The van der Waals surface area contributed by atoms with Gasteiger partial charge >= 0.3 is 0 Å². The molecule has 2 heteroatoms. The molecular weight excluding hydrogens is 136 g/mol. The predicted molar refractivity (Wildman–Crippen MR) is 48.8 cm³/mol. The van der Waals surface area contributed by atoms with Crippen molar-refractivity contribution in [1.29, 1.82) is 0 Å². The van der Waals surface area contributed by atoms with Crippen molar-refractivity contribution < 1.29 is 0 Å². The van der Waals surface area contributed by atoms with E-state index < -0.39 is 0 Å². The minimum Gasteiger partial charge on any atom is -0.318 e. The monoisotopic (exact) mass is 156 g/mol. The SMILES string of the molecule is CNCCN1CCCCC1C. The van der Waals surface area contributed by atoms with Crippen molar-refractivity contribution in [1.82, 2.24) is 10.2 Å². The van der Waals surface area contributed by atoms with Gasteiger partial charge in [-0.2, -0.15) is 0 Å². The second-order valence-electron chi connectivity index (χ2n) is 3.48. The molecule has 0 spiro atoms. The fourth-order valence-electron chi connectivity index (χ4n) is 1.75. The van der Waals surface area contributed by atoms with Crippen LogP contribution in [0.25, 0.3) is 0 Å². The molecular formula is C9H20N2. The van der Waals surface area contributed by atoms with Gasteiger partial charge < -0.3 is 5.32 Å². The van der Waals surface area contributed by atoms with Crippen LogP contribution in [0.3, 0.4) is 0 Å². The van der Waals surface area contributed by atoms with Gasteiger partial charge in [0.05, 0.1) is 0 Å². The topological polar surface area (TPSA) is 15.3 Å². The maximum atomic E-state index is 3.19. The maximum absolute atomic E-state index is 3.19. The van der Waals surface area contributed by atoms with E-state index in [0.717, 1.165) is 12.6 Å². The summed E-state index contributed by atoms with van der Waals surface area (Å²) >= 11 is 0. The highest BCUT2D eigenvalue weighted by atomic mass is 15.2. The van der Waals surface area contributed by atoms with E-state index in [9.17, 15) is 0 Å². The molecule has 11 heavy (non-hydrogen) atoms. The summed E-state index contributed by atoms with van der Waals surface area (Å²) in [5.41, 5.74) is 0. The predicted octanol–water partition coefficient (Wildman–Crippen LogP) is 1.08. The van der Waals surface area contributed by atoms with Gasteiger partial charge in [0, 0.05) is 19.1 Å². The van der Waals surface area contributed by atoms with E-state index in [2.05, 4.69) is 17.1 Å². The summed E-state index contributed by atoms with van der Waals surface area (Å²) < 4.78 is 0. The van der Waals surface area contributed by atoms with Crippen LogP contribution in [0.5, 0.6) is 0 Å². The number of piperidine rings is 1. The Hall–Kier alpha value is -0.0800. The molecule has 1 heterocycles. The Morgan fingerprint density at radius 2 is 2.27 bits per heavy atom. The second-order valence-corrected chi connectivity index (χ2v) is 3.48. The summed E-state index contributed by atoms with van der Waals surface area (Å²) in [6, 6.07) is 0.817. The van der Waals surface area contributed by atoms with Crippen molar-refractivity contribution in [2.24, 2.45) is 0 Å².